The van der Waals surface area contributed by atoms with Gasteiger partial charge >= 0.3 is 0 Å². The summed E-state index contributed by atoms with van der Waals surface area (Å²) in [5, 5.41) is 10.7. The lowest BCUT2D eigenvalue weighted by molar-refractivity contribution is 0.203. The van der Waals surface area contributed by atoms with Crippen LogP contribution < -0.4 is 0 Å². The van der Waals surface area contributed by atoms with Crippen molar-refractivity contribution >= 4 is 23.4 Å². The molecule has 1 unspecified atom stereocenters. The van der Waals surface area contributed by atoms with Gasteiger partial charge in [0.15, 0.2) is 0 Å². The summed E-state index contributed by atoms with van der Waals surface area (Å²) >= 11 is 7.49. The summed E-state index contributed by atoms with van der Waals surface area (Å²) in [5.74, 6) is 0.156. The molecule has 0 amide bonds. The Balaban J connectivity index is 2.72. The van der Waals surface area contributed by atoms with Crippen molar-refractivity contribution < 1.29 is 9.50 Å². The molecule has 1 N–H and O–H groups in total. The van der Waals surface area contributed by atoms with Crippen molar-refractivity contribution in [3.63, 3.8) is 0 Å². The van der Waals surface area contributed by atoms with E-state index < -0.39 is 6.10 Å². The van der Waals surface area contributed by atoms with Crippen LogP contribution >= 0.6 is 23.4 Å². The van der Waals surface area contributed by atoms with Crippen molar-refractivity contribution in [3.8, 4) is 0 Å². The predicted octanol–water partition coefficient (Wildman–Crippen LogP) is 3.65. The highest BCUT2D eigenvalue weighted by Crippen LogP contribution is 2.27. The standard InChI is InChI=1S/C11H14ClFOS/c1-7(2)15-6-11(14)9-5-8(13)3-4-10(9)12/h3-5,7,11,14H,6H2,1-2H3. The molecule has 1 aromatic carbocycles. The molecule has 1 nitrogen and oxygen atoms in total. The van der Waals surface area contributed by atoms with E-state index in [0.29, 0.717) is 21.6 Å². The number of aliphatic hydroxyl groups is 1. The fraction of sp³-hybridized carbons (Fsp3) is 0.455. The number of thioether (sulfide) groups is 1. The van der Waals surface area contributed by atoms with Crippen LogP contribution in [0.5, 0.6) is 0 Å². The minimum Gasteiger partial charge on any atom is -0.387 e. The van der Waals surface area contributed by atoms with Gasteiger partial charge in [-0.2, -0.15) is 11.8 Å². The summed E-state index contributed by atoms with van der Waals surface area (Å²) in [6, 6.07) is 4.04. The third-order valence-electron chi connectivity index (χ3n) is 1.90. The van der Waals surface area contributed by atoms with Crippen LogP contribution in [0.3, 0.4) is 0 Å². The van der Waals surface area contributed by atoms with E-state index in [-0.39, 0.29) is 5.82 Å². The molecule has 0 radical (unpaired) electrons. The van der Waals surface area contributed by atoms with Gasteiger partial charge in [0.1, 0.15) is 5.82 Å². The van der Waals surface area contributed by atoms with Crippen LogP contribution in [-0.4, -0.2) is 16.1 Å². The molecule has 0 saturated carbocycles. The lowest BCUT2D eigenvalue weighted by atomic mass is 10.1. The van der Waals surface area contributed by atoms with Gasteiger partial charge in [-0.25, -0.2) is 4.39 Å². The average Bonchev–Trinajstić information content (AvgIpc) is 2.18. The van der Waals surface area contributed by atoms with Crippen LogP contribution in [-0.2, 0) is 0 Å². The molecular formula is C11H14ClFOS. The second-order valence-electron chi connectivity index (χ2n) is 3.56. The van der Waals surface area contributed by atoms with Crippen LogP contribution in [0.1, 0.15) is 25.5 Å². The fourth-order valence-corrected chi connectivity index (χ4v) is 2.13. The van der Waals surface area contributed by atoms with Crippen molar-refractivity contribution in [2.24, 2.45) is 0 Å². The van der Waals surface area contributed by atoms with Gasteiger partial charge in [0.25, 0.3) is 0 Å². The average molecular weight is 249 g/mol. The van der Waals surface area contributed by atoms with E-state index in [9.17, 15) is 9.50 Å². The topological polar surface area (TPSA) is 20.2 Å². The first-order valence-electron chi connectivity index (χ1n) is 4.75. The zero-order valence-electron chi connectivity index (χ0n) is 8.71. The number of hydrogen-bond donors (Lipinski definition) is 1. The molecule has 4 heteroatoms. The first kappa shape index (κ1) is 12.8. The summed E-state index contributed by atoms with van der Waals surface area (Å²) in [5.41, 5.74) is 0.463. The number of rotatable bonds is 4. The second-order valence-corrected chi connectivity index (χ2v) is 5.58. The van der Waals surface area contributed by atoms with E-state index in [1.165, 1.54) is 18.2 Å². The summed E-state index contributed by atoms with van der Waals surface area (Å²) in [6.45, 7) is 4.09. The van der Waals surface area contributed by atoms with Crippen molar-refractivity contribution in [1.29, 1.82) is 0 Å². The number of benzene rings is 1. The zero-order valence-corrected chi connectivity index (χ0v) is 10.3. The van der Waals surface area contributed by atoms with E-state index in [1.54, 1.807) is 11.8 Å². The Bertz CT molecular complexity index is 330. The predicted molar refractivity (Wildman–Crippen MR) is 64.0 cm³/mol. The minimum absolute atomic E-state index is 0.372. The van der Waals surface area contributed by atoms with Crippen molar-refractivity contribution in [2.45, 2.75) is 25.2 Å². The van der Waals surface area contributed by atoms with Crippen molar-refractivity contribution in [1.82, 2.24) is 0 Å². The first-order chi connectivity index (χ1) is 7.00. The molecule has 0 heterocycles. The summed E-state index contributed by atoms with van der Waals surface area (Å²) in [7, 11) is 0. The van der Waals surface area contributed by atoms with Gasteiger partial charge in [-0.15, -0.1) is 0 Å². The molecule has 0 saturated heterocycles. The second kappa shape index (κ2) is 5.73. The van der Waals surface area contributed by atoms with E-state index in [1.807, 2.05) is 13.8 Å². The van der Waals surface area contributed by atoms with Crippen LogP contribution in [0, 0.1) is 5.82 Å². The Morgan fingerprint density at radius 3 is 2.73 bits per heavy atom. The van der Waals surface area contributed by atoms with Crippen LogP contribution in [0.15, 0.2) is 18.2 Å². The maximum atomic E-state index is 12.9. The lowest BCUT2D eigenvalue weighted by Crippen LogP contribution is -2.04. The number of halogens is 2. The number of hydrogen-bond acceptors (Lipinski definition) is 2. The first-order valence-corrected chi connectivity index (χ1v) is 6.18. The highest BCUT2D eigenvalue weighted by atomic mass is 35.5. The molecule has 1 aromatic rings. The zero-order chi connectivity index (χ0) is 11.4. The Morgan fingerprint density at radius 2 is 2.13 bits per heavy atom. The SMILES string of the molecule is CC(C)SCC(O)c1cc(F)ccc1Cl. The molecule has 0 spiro atoms. The molecule has 1 rings (SSSR count). The highest BCUT2D eigenvalue weighted by molar-refractivity contribution is 7.99. The van der Waals surface area contributed by atoms with Gasteiger partial charge in [-0.05, 0) is 23.4 Å². The maximum absolute atomic E-state index is 12.9. The van der Waals surface area contributed by atoms with Gasteiger partial charge in [0.05, 0.1) is 6.10 Å². The Kier molecular flexibility index (Phi) is 4.90. The van der Waals surface area contributed by atoms with E-state index >= 15 is 0 Å². The van der Waals surface area contributed by atoms with Gasteiger partial charge in [0, 0.05) is 16.3 Å². The molecule has 15 heavy (non-hydrogen) atoms. The Morgan fingerprint density at radius 1 is 1.47 bits per heavy atom. The third kappa shape index (κ3) is 4.01. The molecule has 0 aliphatic heterocycles. The smallest absolute Gasteiger partial charge is 0.123 e. The maximum Gasteiger partial charge on any atom is 0.123 e. The van der Waals surface area contributed by atoms with Crippen LogP contribution in [0.25, 0.3) is 0 Å². The summed E-state index contributed by atoms with van der Waals surface area (Å²) in [4.78, 5) is 0. The van der Waals surface area contributed by atoms with Gasteiger partial charge in [-0.3, -0.25) is 0 Å². The molecule has 0 aromatic heterocycles. The molecule has 0 fully saturated rings. The van der Waals surface area contributed by atoms with Crippen molar-refractivity contribution in [3.05, 3.63) is 34.6 Å². The van der Waals surface area contributed by atoms with Crippen LogP contribution in [0.2, 0.25) is 5.02 Å². The highest BCUT2D eigenvalue weighted by Gasteiger charge is 2.13. The molecule has 1 atom stereocenters. The quantitative estimate of drug-likeness (QED) is 0.878. The summed E-state index contributed by atoms with van der Waals surface area (Å²) in [6.07, 6.45) is -0.708. The summed E-state index contributed by atoms with van der Waals surface area (Å²) < 4.78 is 12.9. The third-order valence-corrected chi connectivity index (χ3v) is 3.42. The number of aliphatic hydroxyl groups excluding tert-OH is 1. The normalized spacial score (nSPS) is 13.2. The van der Waals surface area contributed by atoms with Gasteiger partial charge < -0.3 is 5.11 Å². The van der Waals surface area contributed by atoms with E-state index in [0.717, 1.165) is 0 Å². The molecular weight excluding hydrogens is 235 g/mol. The van der Waals surface area contributed by atoms with Gasteiger partial charge in [-0.1, -0.05) is 25.4 Å². The Hall–Kier alpha value is -0.250. The van der Waals surface area contributed by atoms with Gasteiger partial charge in [0.2, 0.25) is 0 Å². The molecule has 0 aliphatic rings. The monoisotopic (exact) mass is 248 g/mol. The van der Waals surface area contributed by atoms with Crippen LogP contribution in [0.4, 0.5) is 4.39 Å². The molecule has 0 aliphatic carbocycles. The minimum atomic E-state index is -0.708. The largest absolute Gasteiger partial charge is 0.387 e. The fourth-order valence-electron chi connectivity index (χ4n) is 1.14. The van der Waals surface area contributed by atoms with E-state index in [2.05, 4.69) is 0 Å². The molecule has 0 bridgehead atoms. The van der Waals surface area contributed by atoms with E-state index in [4.69, 9.17) is 11.6 Å². The lowest BCUT2D eigenvalue weighted by Gasteiger charge is -2.13. The molecule has 84 valence electrons. The Labute approximate surface area is 98.6 Å². The van der Waals surface area contributed by atoms with Crippen molar-refractivity contribution in [2.75, 3.05) is 5.75 Å².